The van der Waals surface area contributed by atoms with Crippen molar-refractivity contribution in [1.29, 1.82) is 0 Å². The second-order valence-corrected chi connectivity index (χ2v) is 15.8. The van der Waals surface area contributed by atoms with E-state index in [-0.39, 0.29) is 29.7 Å². The Kier molecular flexibility index (Phi) is 13.6. The van der Waals surface area contributed by atoms with Crippen LogP contribution in [-0.4, -0.2) is 65.9 Å². The summed E-state index contributed by atoms with van der Waals surface area (Å²) >= 11 is 1.65. The van der Waals surface area contributed by atoms with Gasteiger partial charge in [0.15, 0.2) is 0 Å². The second kappa shape index (κ2) is 18.1. The van der Waals surface area contributed by atoms with Crippen LogP contribution in [0.25, 0.3) is 10.9 Å². The van der Waals surface area contributed by atoms with Crippen LogP contribution in [-0.2, 0) is 39.3 Å². The minimum Gasteiger partial charge on any atom is -0.361 e. The Bertz CT molecular complexity index is 1830. The number of hydrogen-bond acceptors (Lipinski definition) is 7. The monoisotopic (exact) mass is 725 g/mol. The van der Waals surface area contributed by atoms with Gasteiger partial charge in [0.2, 0.25) is 17.7 Å². The molecule has 3 aromatic carbocycles. The SMILES string of the molecule is CN1C(=O)[C@H](CCCCN)NC(=O)[C@H](CCCN)NCc2ccccc2Sc2ccc(C(C)(C)C)cc2CNC(=O)[C@@H]1Cc1c[nH]c2ccccc12. The lowest BCUT2D eigenvalue weighted by atomic mass is 9.86. The average molecular weight is 726 g/mol. The molecule has 0 aliphatic carbocycles. The molecule has 0 bridgehead atoms. The minimum absolute atomic E-state index is 0.0967. The van der Waals surface area contributed by atoms with Crippen LogP contribution in [0.2, 0.25) is 0 Å². The zero-order chi connectivity index (χ0) is 37.3. The Labute approximate surface area is 312 Å². The number of unbranched alkanes of at least 4 members (excludes halogenated alkanes) is 1. The summed E-state index contributed by atoms with van der Waals surface area (Å²) in [7, 11) is 1.67. The van der Waals surface area contributed by atoms with Crippen molar-refractivity contribution in [3.05, 3.63) is 95.2 Å². The number of hydrogen-bond donors (Lipinski definition) is 6. The van der Waals surface area contributed by atoms with Crippen LogP contribution in [0, 0.1) is 0 Å². The molecule has 11 heteroatoms. The van der Waals surface area contributed by atoms with Crippen molar-refractivity contribution in [3.63, 3.8) is 0 Å². The number of nitrogens with zero attached hydrogens (tertiary/aromatic N) is 1. The molecule has 4 aromatic rings. The highest BCUT2D eigenvalue weighted by Crippen LogP contribution is 2.36. The molecule has 0 saturated heterocycles. The molecule has 3 atom stereocenters. The van der Waals surface area contributed by atoms with Gasteiger partial charge < -0.3 is 37.3 Å². The van der Waals surface area contributed by atoms with E-state index in [1.807, 2.05) is 42.6 Å². The van der Waals surface area contributed by atoms with Gasteiger partial charge in [-0.05, 0) is 91.1 Å². The van der Waals surface area contributed by atoms with Crippen molar-refractivity contribution < 1.29 is 14.4 Å². The van der Waals surface area contributed by atoms with Gasteiger partial charge in [0.1, 0.15) is 12.1 Å². The molecule has 0 spiro atoms. The van der Waals surface area contributed by atoms with Gasteiger partial charge in [-0.1, -0.05) is 81.1 Å². The van der Waals surface area contributed by atoms with E-state index in [4.69, 9.17) is 11.5 Å². The molecule has 1 aliphatic rings. The second-order valence-electron chi connectivity index (χ2n) is 14.7. The van der Waals surface area contributed by atoms with E-state index in [1.54, 1.807) is 18.8 Å². The van der Waals surface area contributed by atoms with Crippen molar-refractivity contribution in [2.75, 3.05) is 20.1 Å². The quantitative estimate of drug-likeness (QED) is 0.131. The molecular weight excluding hydrogens is 671 g/mol. The zero-order valence-electron chi connectivity index (χ0n) is 31.0. The van der Waals surface area contributed by atoms with Crippen molar-refractivity contribution in [2.24, 2.45) is 11.5 Å². The van der Waals surface area contributed by atoms with Crippen molar-refractivity contribution >= 4 is 40.4 Å². The number of nitrogens with two attached hydrogens (primary N) is 2. The Balaban J connectivity index is 1.58. The third kappa shape index (κ3) is 9.83. The van der Waals surface area contributed by atoms with Crippen molar-refractivity contribution in [2.45, 2.75) is 106 Å². The molecule has 1 aromatic heterocycles. The predicted octanol–water partition coefficient (Wildman–Crippen LogP) is 5.13. The number of aromatic nitrogens is 1. The number of rotatable bonds is 9. The van der Waals surface area contributed by atoms with E-state index in [2.05, 4.69) is 72.0 Å². The van der Waals surface area contributed by atoms with E-state index in [1.165, 1.54) is 4.90 Å². The molecule has 0 radical (unpaired) electrons. The average Bonchev–Trinajstić information content (AvgIpc) is 3.54. The van der Waals surface area contributed by atoms with Crippen molar-refractivity contribution in [3.8, 4) is 0 Å². The summed E-state index contributed by atoms with van der Waals surface area (Å²) in [5.74, 6) is -0.846. The van der Waals surface area contributed by atoms with E-state index < -0.39 is 18.1 Å². The van der Waals surface area contributed by atoms with Gasteiger partial charge in [-0.15, -0.1) is 0 Å². The first-order valence-electron chi connectivity index (χ1n) is 18.4. The Hall–Kier alpha value is -4.16. The van der Waals surface area contributed by atoms with Gasteiger partial charge in [0.25, 0.3) is 0 Å². The van der Waals surface area contributed by atoms with Crippen LogP contribution >= 0.6 is 11.8 Å². The number of benzene rings is 3. The third-order valence-corrected chi connectivity index (χ3v) is 11.1. The summed E-state index contributed by atoms with van der Waals surface area (Å²) in [6, 6.07) is 20.3. The molecular formula is C41H55N7O3S. The number of carbonyl (C=O) groups is 3. The maximum Gasteiger partial charge on any atom is 0.245 e. The van der Waals surface area contributed by atoms with Gasteiger partial charge in [-0.3, -0.25) is 14.4 Å². The third-order valence-electron chi connectivity index (χ3n) is 9.89. The molecule has 52 heavy (non-hydrogen) atoms. The van der Waals surface area contributed by atoms with Crippen LogP contribution < -0.4 is 27.4 Å². The number of aromatic amines is 1. The van der Waals surface area contributed by atoms with E-state index in [0.717, 1.165) is 42.9 Å². The maximum absolute atomic E-state index is 14.5. The minimum atomic E-state index is -0.843. The molecule has 278 valence electrons. The molecule has 0 unspecified atom stereocenters. The zero-order valence-corrected chi connectivity index (χ0v) is 31.8. The highest BCUT2D eigenvalue weighted by Gasteiger charge is 2.34. The number of carbonyl (C=O) groups excluding carboxylic acids is 3. The van der Waals surface area contributed by atoms with Crippen LogP contribution in [0.5, 0.6) is 0 Å². The maximum atomic E-state index is 14.5. The lowest BCUT2D eigenvalue weighted by Crippen LogP contribution is -2.57. The summed E-state index contributed by atoms with van der Waals surface area (Å²) in [6.07, 6.45) is 5.12. The van der Waals surface area contributed by atoms with Gasteiger partial charge in [0.05, 0.1) is 6.04 Å². The first kappa shape index (κ1) is 39.1. The van der Waals surface area contributed by atoms with Crippen LogP contribution in [0.1, 0.15) is 75.1 Å². The lowest BCUT2D eigenvalue weighted by Gasteiger charge is -2.32. The molecule has 10 nitrogen and oxygen atoms in total. The first-order chi connectivity index (χ1) is 25.0. The normalized spacial score (nSPS) is 19.5. The number of para-hydroxylation sites is 1. The fourth-order valence-corrected chi connectivity index (χ4v) is 7.72. The summed E-state index contributed by atoms with van der Waals surface area (Å²) in [6.45, 7) is 8.20. The molecule has 5 rings (SSSR count). The Morgan fingerprint density at radius 2 is 1.52 bits per heavy atom. The standard InChI is InChI=1S/C41H55N7O3S/c1-41(2,3)30-18-19-37-29(22-30)26-46-39(50)35(23-28-25-44-32-14-7-6-13-31(28)32)48(4)40(51)34(15-9-10-20-42)47-38(49)33(16-11-21-43)45-24-27-12-5-8-17-36(27)52-37/h5-8,12-14,17-19,22,25,33-35,44-45H,9-11,15-16,20-21,23-24,26,42-43H2,1-4H3,(H,46,50)(H,47,49)/t33-,34-,35-/m0/s1. The van der Waals surface area contributed by atoms with Gasteiger partial charge in [-0.25, -0.2) is 0 Å². The van der Waals surface area contributed by atoms with E-state index in [0.29, 0.717) is 58.2 Å². The molecule has 8 N–H and O–H groups in total. The molecule has 3 amide bonds. The topological polar surface area (TPSA) is 158 Å². The fraction of sp³-hybridized carbons (Fsp3) is 0.439. The summed E-state index contributed by atoms with van der Waals surface area (Å²) in [5, 5.41) is 10.8. The van der Waals surface area contributed by atoms with Crippen LogP contribution in [0.3, 0.4) is 0 Å². The highest BCUT2D eigenvalue weighted by atomic mass is 32.2. The van der Waals surface area contributed by atoms with Gasteiger partial charge >= 0.3 is 0 Å². The molecule has 2 heterocycles. The Morgan fingerprint density at radius 3 is 2.29 bits per heavy atom. The number of H-pyrrole nitrogens is 1. The summed E-state index contributed by atoms with van der Waals surface area (Å²) in [4.78, 5) is 49.8. The van der Waals surface area contributed by atoms with Gasteiger partial charge in [0, 0.05) is 53.4 Å². The summed E-state index contributed by atoms with van der Waals surface area (Å²) in [5.41, 5.74) is 16.7. The van der Waals surface area contributed by atoms with E-state index >= 15 is 0 Å². The number of likely N-dealkylation sites (N-methyl/N-ethyl adjacent to an activating group) is 1. The van der Waals surface area contributed by atoms with Gasteiger partial charge in [-0.2, -0.15) is 0 Å². The largest absolute Gasteiger partial charge is 0.361 e. The van der Waals surface area contributed by atoms with Crippen LogP contribution in [0.4, 0.5) is 0 Å². The number of amides is 3. The van der Waals surface area contributed by atoms with E-state index in [9.17, 15) is 14.4 Å². The predicted molar refractivity (Wildman–Crippen MR) is 210 cm³/mol. The number of fused-ring (bicyclic) bond motifs is 3. The lowest BCUT2D eigenvalue weighted by molar-refractivity contribution is -0.142. The van der Waals surface area contributed by atoms with Crippen molar-refractivity contribution in [1.82, 2.24) is 25.8 Å². The fourth-order valence-electron chi connectivity index (χ4n) is 6.67. The van der Waals surface area contributed by atoms with Crippen LogP contribution in [0.15, 0.2) is 82.7 Å². The number of nitrogens with one attached hydrogen (secondary N) is 4. The summed E-state index contributed by atoms with van der Waals surface area (Å²) < 4.78 is 0. The molecule has 0 saturated carbocycles. The smallest absolute Gasteiger partial charge is 0.245 e. The highest BCUT2D eigenvalue weighted by molar-refractivity contribution is 7.99. The Morgan fingerprint density at radius 1 is 0.808 bits per heavy atom. The molecule has 1 aliphatic heterocycles. The first-order valence-corrected chi connectivity index (χ1v) is 19.2. The molecule has 0 fully saturated rings.